The second-order valence-electron chi connectivity index (χ2n) is 4.53. The molecule has 0 aliphatic heterocycles. The molecule has 1 N–H and O–H groups in total. The van der Waals surface area contributed by atoms with Crippen LogP contribution in [-0.4, -0.2) is 29.0 Å². The van der Waals surface area contributed by atoms with E-state index < -0.39 is 12.7 Å². The number of nitrogens with zero attached hydrogens (tertiary/aromatic N) is 2. The molecule has 0 spiro atoms. The molecular weight excluding hydrogens is 311 g/mol. The minimum atomic E-state index is -4.15. The zero-order valence-corrected chi connectivity index (χ0v) is 12.2. The van der Waals surface area contributed by atoms with Gasteiger partial charge < -0.3 is 5.32 Å². The van der Waals surface area contributed by atoms with Gasteiger partial charge in [-0.1, -0.05) is 6.92 Å². The number of nitrogens with one attached hydrogen (secondary N) is 1. The van der Waals surface area contributed by atoms with Gasteiger partial charge in [-0.05, 0) is 41.7 Å². The van der Waals surface area contributed by atoms with Gasteiger partial charge in [-0.3, -0.25) is 4.68 Å². The van der Waals surface area contributed by atoms with Crippen molar-refractivity contribution in [2.45, 2.75) is 26.4 Å². The van der Waals surface area contributed by atoms with Crippen molar-refractivity contribution in [2.75, 3.05) is 13.1 Å². The van der Waals surface area contributed by atoms with Crippen LogP contribution in [0.25, 0.3) is 0 Å². The number of rotatable bonds is 5. The number of alkyl halides is 3. The molecule has 0 bridgehead atoms. The van der Waals surface area contributed by atoms with E-state index in [9.17, 15) is 13.2 Å². The smallest absolute Gasteiger partial charge is 0.308 e. The van der Waals surface area contributed by atoms with Crippen LogP contribution >= 0.6 is 15.9 Å². The molecule has 104 valence electrons. The first-order valence-corrected chi connectivity index (χ1v) is 6.45. The van der Waals surface area contributed by atoms with E-state index in [0.29, 0.717) is 13.0 Å². The number of aryl methyl sites for hydroxylation is 2. The van der Waals surface area contributed by atoms with Gasteiger partial charge in [-0.15, -0.1) is 0 Å². The zero-order chi connectivity index (χ0) is 13.9. The highest BCUT2D eigenvalue weighted by molar-refractivity contribution is 9.10. The topological polar surface area (TPSA) is 29.9 Å². The van der Waals surface area contributed by atoms with Crippen LogP contribution in [0.5, 0.6) is 0 Å². The Hall–Kier alpha value is -0.560. The minimum Gasteiger partial charge on any atom is -0.308 e. The van der Waals surface area contributed by atoms with E-state index in [2.05, 4.69) is 26.3 Å². The Labute approximate surface area is 113 Å². The summed E-state index contributed by atoms with van der Waals surface area (Å²) in [5.41, 5.74) is 1.90. The number of hydrogen-bond donors (Lipinski definition) is 1. The molecule has 0 aliphatic carbocycles. The SMILES string of the molecule is Cc1nn(C)c(CC(C)CNCC(F)(F)F)c1Br. The summed E-state index contributed by atoms with van der Waals surface area (Å²) in [6, 6.07) is 0. The third kappa shape index (κ3) is 4.61. The summed E-state index contributed by atoms with van der Waals surface area (Å²) in [7, 11) is 1.84. The highest BCUT2D eigenvalue weighted by atomic mass is 79.9. The molecule has 3 nitrogen and oxygen atoms in total. The third-order valence-corrected chi connectivity index (χ3v) is 3.65. The van der Waals surface area contributed by atoms with E-state index in [-0.39, 0.29) is 5.92 Å². The van der Waals surface area contributed by atoms with Crippen molar-refractivity contribution in [3.05, 3.63) is 15.9 Å². The summed E-state index contributed by atoms with van der Waals surface area (Å²) >= 11 is 3.45. The van der Waals surface area contributed by atoms with Crippen molar-refractivity contribution in [3.63, 3.8) is 0 Å². The molecular formula is C11H17BrF3N3. The maximum atomic E-state index is 12.0. The first-order chi connectivity index (χ1) is 8.20. The molecule has 1 unspecified atom stereocenters. The molecule has 1 aromatic rings. The third-order valence-electron chi connectivity index (χ3n) is 2.62. The molecule has 0 saturated carbocycles. The van der Waals surface area contributed by atoms with Crippen molar-refractivity contribution >= 4 is 15.9 Å². The summed E-state index contributed by atoms with van der Waals surface area (Å²) in [4.78, 5) is 0. The van der Waals surface area contributed by atoms with E-state index in [1.807, 2.05) is 20.9 Å². The molecule has 1 rings (SSSR count). The van der Waals surface area contributed by atoms with Gasteiger partial charge in [0.15, 0.2) is 0 Å². The Balaban J connectivity index is 2.47. The normalized spacial score (nSPS) is 13.9. The molecule has 1 aromatic heterocycles. The van der Waals surface area contributed by atoms with E-state index >= 15 is 0 Å². The van der Waals surface area contributed by atoms with Crippen LogP contribution in [-0.2, 0) is 13.5 Å². The second-order valence-corrected chi connectivity index (χ2v) is 5.32. The molecule has 0 fully saturated rings. The van der Waals surface area contributed by atoms with Crippen molar-refractivity contribution in [1.29, 1.82) is 0 Å². The van der Waals surface area contributed by atoms with Gasteiger partial charge >= 0.3 is 6.18 Å². The molecule has 18 heavy (non-hydrogen) atoms. The summed E-state index contributed by atoms with van der Waals surface area (Å²) in [6.45, 7) is 3.19. The fourth-order valence-corrected chi connectivity index (χ4v) is 2.26. The van der Waals surface area contributed by atoms with Crippen molar-refractivity contribution in [1.82, 2.24) is 15.1 Å². The molecule has 0 saturated heterocycles. The molecule has 0 aromatic carbocycles. The zero-order valence-electron chi connectivity index (χ0n) is 10.6. The van der Waals surface area contributed by atoms with Crippen LogP contribution in [0.15, 0.2) is 4.47 Å². The predicted molar refractivity (Wildman–Crippen MR) is 67.4 cm³/mol. The molecule has 1 atom stereocenters. The van der Waals surface area contributed by atoms with Gasteiger partial charge in [0.25, 0.3) is 0 Å². The van der Waals surface area contributed by atoms with Crippen LogP contribution in [0.4, 0.5) is 13.2 Å². The van der Waals surface area contributed by atoms with Gasteiger partial charge in [0.2, 0.25) is 0 Å². The largest absolute Gasteiger partial charge is 0.401 e. The number of aromatic nitrogens is 2. The van der Waals surface area contributed by atoms with Crippen molar-refractivity contribution < 1.29 is 13.2 Å². The van der Waals surface area contributed by atoms with E-state index in [1.54, 1.807) is 4.68 Å². The lowest BCUT2D eigenvalue weighted by Gasteiger charge is -2.14. The van der Waals surface area contributed by atoms with Crippen LogP contribution in [0.1, 0.15) is 18.3 Å². The van der Waals surface area contributed by atoms with E-state index in [1.165, 1.54) is 0 Å². The highest BCUT2D eigenvalue weighted by Gasteiger charge is 2.26. The Bertz CT molecular complexity index is 401. The van der Waals surface area contributed by atoms with Crippen LogP contribution in [0.2, 0.25) is 0 Å². The Morgan fingerprint density at radius 2 is 2.06 bits per heavy atom. The van der Waals surface area contributed by atoms with Crippen LogP contribution in [0.3, 0.4) is 0 Å². The molecule has 0 amide bonds. The van der Waals surface area contributed by atoms with Gasteiger partial charge in [-0.2, -0.15) is 18.3 Å². The number of halogens is 4. The second kappa shape index (κ2) is 6.06. The summed E-state index contributed by atoms with van der Waals surface area (Å²) in [5.74, 6) is 0.110. The van der Waals surface area contributed by atoms with Crippen molar-refractivity contribution in [3.8, 4) is 0 Å². The Morgan fingerprint density at radius 1 is 1.44 bits per heavy atom. The Kier molecular flexibility index (Phi) is 5.21. The quantitative estimate of drug-likeness (QED) is 0.901. The lowest BCUT2D eigenvalue weighted by Crippen LogP contribution is -2.32. The van der Waals surface area contributed by atoms with Crippen LogP contribution in [0, 0.1) is 12.8 Å². The molecule has 1 heterocycles. The summed E-state index contributed by atoms with van der Waals surface area (Å²) in [5, 5.41) is 6.67. The maximum absolute atomic E-state index is 12.0. The van der Waals surface area contributed by atoms with E-state index in [0.717, 1.165) is 15.9 Å². The van der Waals surface area contributed by atoms with Gasteiger partial charge in [-0.25, -0.2) is 0 Å². The fourth-order valence-electron chi connectivity index (χ4n) is 1.76. The maximum Gasteiger partial charge on any atom is 0.401 e. The minimum absolute atomic E-state index is 0.110. The average molecular weight is 328 g/mol. The summed E-state index contributed by atoms with van der Waals surface area (Å²) < 4.78 is 38.6. The highest BCUT2D eigenvalue weighted by Crippen LogP contribution is 2.22. The van der Waals surface area contributed by atoms with Gasteiger partial charge in [0.1, 0.15) is 0 Å². The predicted octanol–water partition coefficient (Wildman–Crippen LogP) is 2.82. The monoisotopic (exact) mass is 327 g/mol. The van der Waals surface area contributed by atoms with E-state index in [4.69, 9.17) is 0 Å². The van der Waals surface area contributed by atoms with Gasteiger partial charge in [0, 0.05) is 7.05 Å². The lowest BCUT2D eigenvalue weighted by atomic mass is 10.1. The number of hydrogen-bond acceptors (Lipinski definition) is 2. The van der Waals surface area contributed by atoms with Crippen molar-refractivity contribution in [2.24, 2.45) is 13.0 Å². The van der Waals surface area contributed by atoms with Crippen LogP contribution < -0.4 is 5.32 Å². The van der Waals surface area contributed by atoms with Gasteiger partial charge in [0.05, 0.1) is 22.4 Å². The first-order valence-electron chi connectivity index (χ1n) is 5.66. The lowest BCUT2D eigenvalue weighted by molar-refractivity contribution is -0.125. The Morgan fingerprint density at radius 3 is 2.50 bits per heavy atom. The molecule has 0 aliphatic rings. The fraction of sp³-hybridized carbons (Fsp3) is 0.727. The standard InChI is InChI=1S/C11H17BrF3N3/c1-7(5-16-6-11(13,14)15)4-9-10(12)8(2)17-18(9)3/h7,16H,4-6H2,1-3H3. The molecule has 7 heteroatoms. The molecule has 0 radical (unpaired) electrons. The first kappa shape index (κ1) is 15.5. The average Bonchev–Trinajstić information content (AvgIpc) is 2.43. The summed E-state index contributed by atoms with van der Waals surface area (Å²) in [6.07, 6.45) is -3.47.